The summed E-state index contributed by atoms with van der Waals surface area (Å²) in [4.78, 5) is 22.6. The molecule has 0 saturated carbocycles. The number of esters is 1. The molecule has 1 fully saturated rings. The van der Waals surface area contributed by atoms with E-state index in [9.17, 15) is 9.59 Å². The summed E-state index contributed by atoms with van der Waals surface area (Å²) in [5.41, 5.74) is -0.881. The highest BCUT2D eigenvalue weighted by Gasteiger charge is 2.61. The number of rotatable bonds is 0. The molecule has 0 aromatic heterocycles. The molecule has 2 heterocycles. The molecule has 1 aliphatic carbocycles. The first kappa shape index (κ1) is 7.03. The Morgan fingerprint density at radius 1 is 1.46 bits per heavy atom. The molecule has 13 heavy (non-hydrogen) atoms. The lowest BCUT2D eigenvalue weighted by Gasteiger charge is -2.18. The Labute approximate surface area is 73.8 Å². The summed E-state index contributed by atoms with van der Waals surface area (Å²) in [6.45, 7) is 0.400. The van der Waals surface area contributed by atoms with Crippen LogP contribution >= 0.6 is 0 Å². The van der Waals surface area contributed by atoms with Crippen molar-refractivity contribution in [3.05, 3.63) is 24.0 Å². The molecule has 0 aromatic rings. The van der Waals surface area contributed by atoms with Crippen LogP contribution in [0.5, 0.6) is 0 Å². The standard InChI is InChI=1S/C9H6O4/c10-5-1-3-9-6(2-4-12-9)13-8(11)7(5)9/h1-3,7H,4H2. The smallest absolute Gasteiger partial charge is 0.325 e. The Morgan fingerprint density at radius 3 is 3.15 bits per heavy atom. The molecule has 1 spiro atoms. The van der Waals surface area contributed by atoms with Crippen molar-refractivity contribution in [3.63, 3.8) is 0 Å². The van der Waals surface area contributed by atoms with Crippen molar-refractivity contribution in [2.24, 2.45) is 5.92 Å². The van der Waals surface area contributed by atoms with Gasteiger partial charge in [0.15, 0.2) is 17.3 Å². The van der Waals surface area contributed by atoms with Gasteiger partial charge in [-0.1, -0.05) is 0 Å². The van der Waals surface area contributed by atoms with E-state index in [0.29, 0.717) is 12.4 Å². The van der Waals surface area contributed by atoms with Crippen molar-refractivity contribution < 1.29 is 19.1 Å². The number of allylic oxidation sites excluding steroid dienone is 1. The van der Waals surface area contributed by atoms with Crippen LogP contribution in [0, 0.1) is 5.92 Å². The Hall–Kier alpha value is -1.42. The monoisotopic (exact) mass is 178 g/mol. The molecule has 2 unspecified atom stereocenters. The van der Waals surface area contributed by atoms with E-state index in [1.807, 2.05) is 0 Å². The predicted molar refractivity (Wildman–Crippen MR) is 40.5 cm³/mol. The van der Waals surface area contributed by atoms with E-state index in [0.717, 1.165) is 0 Å². The van der Waals surface area contributed by atoms with Gasteiger partial charge in [-0.05, 0) is 18.2 Å². The van der Waals surface area contributed by atoms with Gasteiger partial charge in [-0.25, -0.2) is 0 Å². The van der Waals surface area contributed by atoms with Crippen LogP contribution in [0.25, 0.3) is 0 Å². The molecule has 0 aromatic carbocycles. The minimum Gasteiger partial charge on any atom is -0.427 e. The number of ketones is 1. The maximum Gasteiger partial charge on any atom is 0.325 e. The first-order valence-electron chi connectivity index (χ1n) is 4.03. The van der Waals surface area contributed by atoms with E-state index < -0.39 is 17.5 Å². The van der Waals surface area contributed by atoms with Gasteiger partial charge in [0.25, 0.3) is 0 Å². The van der Waals surface area contributed by atoms with Crippen LogP contribution in [0.2, 0.25) is 0 Å². The molecule has 66 valence electrons. The minimum absolute atomic E-state index is 0.227. The molecular weight excluding hydrogens is 172 g/mol. The van der Waals surface area contributed by atoms with E-state index in [1.165, 1.54) is 6.08 Å². The Kier molecular flexibility index (Phi) is 1.03. The molecule has 0 N–H and O–H groups in total. The second-order valence-corrected chi connectivity index (χ2v) is 3.26. The van der Waals surface area contributed by atoms with E-state index in [1.54, 1.807) is 12.2 Å². The Morgan fingerprint density at radius 2 is 2.31 bits per heavy atom. The molecule has 1 saturated heterocycles. The van der Waals surface area contributed by atoms with Crippen molar-refractivity contribution in [1.82, 2.24) is 0 Å². The van der Waals surface area contributed by atoms with Gasteiger partial charge in [0.2, 0.25) is 0 Å². The molecule has 2 atom stereocenters. The SMILES string of the molecule is O=C1C=CC23OCC=C2OC(=O)C13. The summed E-state index contributed by atoms with van der Waals surface area (Å²) < 4.78 is 10.3. The lowest BCUT2D eigenvalue weighted by molar-refractivity contribution is -0.143. The summed E-state index contributed by atoms with van der Waals surface area (Å²) in [6, 6.07) is 0. The fraction of sp³-hybridized carbons (Fsp3) is 0.333. The van der Waals surface area contributed by atoms with Crippen molar-refractivity contribution in [3.8, 4) is 0 Å². The zero-order chi connectivity index (χ0) is 9.05. The fourth-order valence-electron chi connectivity index (χ4n) is 2.03. The van der Waals surface area contributed by atoms with Gasteiger partial charge < -0.3 is 9.47 Å². The van der Waals surface area contributed by atoms with Gasteiger partial charge >= 0.3 is 5.97 Å². The highest BCUT2D eigenvalue weighted by atomic mass is 16.6. The van der Waals surface area contributed by atoms with E-state index in [-0.39, 0.29) is 5.78 Å². The van der Waals surface area contributed by atoms with Gasteiger partial charge in [0, 0.05) is 0 Å². The van der Waals surface area contributed by atoms with Crippen molar-refractivity contribution in [2.45, 2.75) is 5.60 Å². The van der Waals surface area contributed by atoms with E-state index in [4.69, 9.17) is 9.47 Å². The van der Waals surface area contributed by atoms with E-state index in [2.05, 4.69) is 0 Å². The summed E-state index contributed by atoms with van der Waals surface area (Å²) in [5.74, 6) is -1.04. The number of carbonyl (C=O) groups is 2. The highest BCUT2D eigenvalue weighted by Crippen LogP contribution is 2.46. The maximum atomic E-state index is 11.3. The van der Waals surface area contributed by atoms with Crippen LogP contribution in [-0.2, 0) is 19.1 Å². The summed E-state index contributed by atoms with van der Waals surface area (Å²) in [7, 11) is 0. The van der Waals surface area contributed by atoms with Gasteiger partial charge in [-0.15, -0.1) is 0 Å². The summed E-state index contributed by atoms with van der Waals surface area (Å²) in [6.07, 6.45) is 4.70. The minimum atomic E-state index is -0.881. The summed E-state index contributed by atoms with van der Waals surface area (Å²) in [5, 5.41) is 0. The van der Waals surface area contributed by atoms with Crippen LogP contribution in [0.15, 0.2) is 24.0 Å². The molecule has 0 radical (unpaired) electrons. The van der Waals surface area contributed by atoms with Crippen LogP contribution in [0.3, 0.4) is 0 Å². The van der Waals surface area contributed by atoms with Crippen LogP contribution < -0.4 is 0 Å². The zero-order valence-corrected chi connectivity index (χ0v) is 6.65. The molecule has 3 aliphatic rings. The molecule has 0 amide bonds. The normalized spacial score (nSPS) is 40.3. The van der Waals surface area contributed by atoms with Gasteiger partial charge in [0.05, 0.1) is 6.61 Å². The van der Waals surface area contributed by atoms with Crippen LogP contribution in [0.4, 0.5) is 0 Å². The van der Waals surface area contributed by atoms with Crippen LogP contribution in [0.1, 0.15) is 0 Å². The van der Waals surface area contributed by atoms with Gasteiger partial charge in [-0.2, -0.15) is 0 Å². The number of ether oxygens (including phenoxy) is 2. The third kappa shape index (κ3) is 0.615. The van der Waals surface area contributed by atoms with Crippen molar-refractivity contribution in [1.29, 1.82) is 0 Å². The largest absolute Gasteiger partial charge is 0.427 e. The maximum absolute atomic E-state index is 11.3. The first-order valence-corrected chi connectivity index (χ1v) is 4.03. The quantitative estimate of drug-likeness (QED) is 0.385. The molecule has 0 bridgehead atoms. The third-order valence-corrected chi connectivity index (χ3v) is 2.63. The molecule has 4 nitrogen and oxygen atoms in total. The topological polar surface area (TPSA) is 52.6 Å². The van der Waals surface area contributed by atoms with Crippen molar-refractivity contribution >= 4 is 11.8 Å². The number of hydrogen-bond acceptors (Lipinski definition) is 4. The second-order valence-electron chi connectivity index (χ2n) is 3.26. The number of hydrogen-bond donors (Lipinski definition) is 0. The van der Waals surface area contributed by atoms with Crippen LogP contribution in [-0.4, -0.2) is 24.0 Å². The second kappa shape index (κ2) is 1.90. The average Bonchev–Trinajstić information content (AvgIpc) is 2.65. The fourth-order valence-corrected chi connectivity index (χ4v) is 2.03. The van der Waals surface area contributed by atoms with Crippen molar-refractivity contribution in [2.75, 3.05) is 6.61 Å². The van der Waals surface area contributed by atoms with E-state index >= 15 is 0 Å². The summed E-state index contributed by atoms with van der Waals surface area (Å²) >= 11 is 0. The van der Waals surface area contributed by atoms with Gasteiger partial charge in [0.1, 0.15) is 5.76 Å². The molecule has 2 aliphatic heterocycles. The first-order chi connectivity index (χ1) is 6.24. The third-order valence-electron chi connectivity index (χ3n) is 2.63. The average molecular weight is 178 g/mol. The molecular formula is C9H6O4. The lowest BCUT2D eigenvalue weighted by atomic mass is 9.92. The highest BCUT2D eigenvalue weighted by molar-refractivity contribution is 6.11. The Balaban J connectivity index is 2.20. The molecule has 3 rings (SSSR count). The molecule has 4 heteroatoms. The lowest BCUT2D eigenvalue weighted by Crippen LogP contribution is -2.35. The Bertz CT molecular complexity index is 379. The zero-order valence-electron chi connectivity index (χ0n) is 6.65. The predicted octanol–water partition coefficient (Wildman–Crippen LogP) is -0.0488. The number of carbonyl (C=O) groups excluding carboxylic acids is 2. The van der Waals surface area contributed by atoms with Gasteiger partial charge in [-0.3, -0.25) is 9.59 Å².